The van der Waals surface area contributed by atoms with E-state index in [1.165, 1.54) is 18.0 Å². The molecule has 120 valence electrons. The van der Waals surface area contributed by atoms with Crippen LogP contribution in [-0.4, -0.2) is 40.7 Å². The van der Waals surface area contributed by atoms with E-state index in [-0.39, 0.29) is 17.3 Å². The molecule has 1 saturated heterocycles. The van der Waals surface area contributed by atoms with Crippen LogP contribution in [0.15, 0.2) is 22.0 Å². The highest BCUT2D eigenvalue weighted by Crippen LogP contribution is 2.34. The molecule has 1 aliphatic rings. The zero-order valence-corrected chi connectivity index (χ0v) is 13.3. The molecule has 0 aromatic heterocycles. The second-order valence-electron chi connectivity index (χ2n) is 4.61. The molecule has 0 unspecified atom stereocenters. The van der Waals surface area contributed by atoms with Crippen LogP contribution in [0.25, 0.3) is 0 Å². The van der Waals surface area contributed by atoms with Crippen LogP contribution >= 0.6 is 23.5 Å². The van der Waals surface area contributed by atoms with Gasteiger partial charge in [-0.3, -0.25) is 9.69 Å². The Morgan fingerprint density at radius 3 is 2.64 bits per heavy atom. The minimum absolute atomic E-state index is 0.0701. The first kappa shape index (κ1) is 17.1. The van der Waals surface area contributed by atoms with Gasteiger partial charge in [0.15, 0.2) is 5.17 Å². The lowest BCUT2D eigenvalue weighted by Crippen LogP contribution is -2.24. The number of hydrogen-bond acceptors (Lipinski definition) is 4. The molecule has 1 aromatic rings. The largest absolute Gasteiger partial charge is 0.398 e. The molecule has 22 heavy (non-hydrogen) atoms. The molecular weight excluding hydrogens is 340 g/mol. The van der Waals surface area contributed by atoms with Gasteiger partial charge in [-0.15, -0.1) is 11.8 Å². The summed E-state index contributed by atoms with van der Waals surface area (Å²) >= 11 is 1.75. The summed E-state index contributed by atoms with van der Waals surface area (Å²) in [7, 11) is 1.52. The van der Waals surface area contributed by atoms with Crippen LogP contribution in [0.2, 0.25) is 0 Å². The average molecular weight is 352 g/mol. The van der Waals surface area contributed by atoms with Gasteiger partial charge >= 0.3 is 6.18 Å². The van der Waals surface area contributed by atoms with Crippen LogP contribution in [-0.2, 0) is 4.79 Å². The quantitative estimate of drug-likeness (QED) is 0.609. The van der Waals surface area contributed by atoms with Crippen molar-refractivity contribution in [2.75, 3.05) is 18.6 Å². The van der Waals surface area contributed by atoms with Crippen molar-refractivity contribution in [3.63, 3.8) is 0 Å². The van der Waals surface area contributed by atoms with E-state index >= 15 is 0 Å². The summed E-state index contributed by atoms with van der Waals surface area (Å²) in [5.41, 5.74) is 0.346. The molecule has 1 heterocycles. The van der Waals surface area contributed by atoms with Crippen molar-refractivity contribution in [3.8, 4) is 0 Å². The number of carbonyl (C=O) groups is 1. The van der Waals surface area contributed by atoms with E-state index in [0.29, 0.717) is 27.4 Å². The van der Waals surface area contributed by atoms with E-state index in [1.807, 2.05) is 0 Å². The molecule has 1 aromatic carbocycles. The Bertz CT molecular complexity index is 631. The van der Waals surface area contributed by atoms with E-state index < -0.39 is 17.7 Å². The van der Waals surface area contributed by atoms with Crippen molar-refractivity contribution in [1.82, 2.24) is 4.90 Å². The maximum atomic E-state index is 13.9. The molecule has 9 heteroatoms. The van der Waals surface area contributed by atoms with Crippen LogP contribution < -0.4 is 0 Å². The highest BCUT2D eigenvalue weighted by Gasteiger charge is 2.28. The van der Waals surface area contributed by atoms with Gasteiger partial charge < -0.3 is 0 Å². The molecule has 0 bridgehead atoms. The third-order valence-electron chi connectivity index (χ3n) is 2.84. The number of hydrogen-bond donors (Lipinski definition) is 0. The summed E-state index contributed by atoms with van der Waals surface area (Å²) in [6.07, 6.45) is -4.30. The Labute approximate surface area is 133 Å². The van der Waals surface area contributed by atoms with Gasteiger partial charge in [-0.1, -0.05) is 11.8 Å². The number of benzene rings is 1. The smallest absolute Gasteiger partial charge is 0.294 e. The molecule has 0 radical (unpaired) electrons. The van der Waals surface area contributed by atoms with Gasteiger partial charge in [0.05, 0.1) is 11.5 Å². The number of halogens is 4. The van der Waals surface area contributed by atoms with Crippen LogP contribution in [0.1, 0.15) is 5.56 Å². The number of rotatable bonds is 3. The molecule has 0 atom stereocenters. The molecule has 0 saturated carbocycles. The first-order valence-electron chi connectivity index (χ1n) is 6.15. The molecule has 1 amide bonds. The van der Waals surface area contributed by atoms with Gasteiger partial charge in [0.2, 0.25) is 5.91 Å². The monoisotopic (exact) mass is 352 g/mol. The molecule has 1 aliphatic heterocycles. The SMILES string of the molecule is Cc1cc(F)c(/N=C2\SCC(=O)N2C)cc1SCC(F)(F)F. The van der Waals surface area contributed by atoms with Crippen molar-refractivity contribution in [3.05, 3.63) is 23.5 Å². The highest BCUT2D eigenvalue weighted by molar-refractivity contribution is 8.15. The Hall–Kier alpha value is -1.22. The summed E-state index contributed by atoms with van der Waals surface area (Å²) in [5.74, 6) is -1.61. The number of carbonyl (C=O) groups excluding carboxylic acids is 1. The number of nitrogens with zero attached hydrogens (tertiary/aromatic N) is 2. The second-order valence-corrected chi connectivity index (χ2v) is 6.57. The van der Waals surface area contributed by atoms with Crippen LogP contribution in [0, 0.1) is 12.7 Å². The summed E-state index contributed by atoms with van der Waals surface area (Å²) < 4.78 is 50.8. The van der Waals surface area contributed by atoms with Crippen molar-refractivity contribution >= 4 is 40.3 Å². The lowest BCUT2D eigenvalue weighted by atomic mass is 10.2. The van der Waals surface area contributed by atoms with Crippen LogP contribution in [0.5, 0.6) is 0 Å². The minimum atomic E-state index is -4.30. The maximum absolute atomic E-state index is 13.9. The molecule has 3 nitrogen and oxygen atoms in total. The Balaban J connectivity index is 2.29. The second kappa shape index (κ2) is 6.49. The lowest BCUT2D eigenvalue weighted by molar-refractivity contribution is -0.123. The Kier molecular flexibility index (Phi) is 5.06. The third-order valence-corrected chi connectivity index (χ3v) is 5.07. The van der Waals surface area contributed by atoms with E-state index in [9.17, 15) is 22.4 Å². The zero-order valence-electron chi connectivity index (χ0n) is 11.7. The molecule has 0 aliphatic carbocycles. The normalized spacial score (nSPS) is 17.6. The number of thioether (sulfide) groups is 2. The Morgan fingerprint density at radius 2 is 2.09 bits per heavy atom. The summed E-state index contributed by atoms with van der Waals surface area (Å²) in [5, 5.41) is 0.333. The fourth-order valence-corrected chi connectivity index (χ4v) is 3.39. The average Bonchev–Trinajstić information content (AvgIpc) is 2.71. The molecule has 0 spiro atoms. The fraction of sp³-hybridized carbons (Fsp3) is 0.385. The molecule has 2 rings (SSSR count). The van der Waals surface area contributed by atoms with E-state index in [0.717, 1.165) is 17.8 Å². The number of amides is 1. The minimum Gasteiger partial charge on any atom is -0.294 e. The summed E-state index contributed by atoms with van der Waals surface area (Å²) in [6.45, 7) is 1.54. The van der Waals surface area contributed by atoms with Gasteiger partial charge in [-0.05, 0) is 24.6 Å². The number of aryl methyl sites for hydroxylation is 1. The van der Waals surface area contributed by atoms with Gasteiger partial charge in [0.1, 0.15) is 11.5 Å². The van der Waals surface area contributed by atoms with Crippen LogP contribution in [0.3, 0.4) is 0 Å². The lowest BCUT2D eigenvalue weighted by Gasteiger charge is -2.11. The molecule has 0 N–H and O–H groups in total. The van der Waals surface area contributed by atoms with Gasteiger partial charge in [0, 0.05) is 11.9 Å². The molecule has 1 fully saturated rings. The fourth-order valence-electron chi connectivity index (χ4n) is 1.68. The first-order chi connectivity index (χ1) is 10.2. The number of amidine groups is 1. The van der Waals surface area contributed by atoms with Gasteiger partial charge in [-0.25, -0.2) is 9.38 Å². The van der Waals surface area contributed by atoms with E-state index in [2.05, 4.69) is 4.99 Å². The maximum Gasteiger partial charge on any atom is 0.398 e. The molecular formula is C13H12F4N2OS2. The summed E-state index contributed by atoms with van der Waals surface area (Å²) in [6, 6.07) is 2.44. The predicted molar refractivity (Wildman–Crippen MR) is 80.2 cm³/mol. The summed E-state index contributed by atoms with van der Waals surface area (Å²) in [4.78, 5) is 17.1. The van der Waals surface area contributed by atoms with E-state index in [1.54, 1.807) is 6.92 Å². The van der Waals surface area contributed by atoms with Crippen molar-refractivity contribution < 1.29 is 22.4 Å². The Morgan fingerprint density at radius 1 is 1.41 bits per heavy atom. The van der Waals surface area contributed by atoms with E-state index in [4.69, 9.17) is 0 Å². The predicted octanol–water partition coefficient (Wildman–Crippen LogP) is 3.98. The van der Waals surface area contributed by atoms with Crippen molar-refractivity contribution in [2.24, 2.45) is 4.99 Å². The van der Waals surface area contributed by atoms with Gasteiger partial charge in [-0.2, -0.15) is 13.2 Å². The number of aliphatic imine (C=N–C) groups is 1. The first-order valence-corrected chi connectivity index (χ1v) is 8.12. The topological polar surface area (TPSA) is 32.7 Å². The van der Waals surface area contributed by atoms with Crippen LogP contribution in [0.4, 0.5) is 23.2 Å². The van der Waals surface area contributed by atoms with Crippen molar-refractivity contribution in [2.45, 2.75) is 18.0 Å². The van der Waals surface area contributed by atoms with Gasteiger partial charge in [0.25, 0.3) is 0 Å². The van der Waals surface area contributed by atoms with Crippen molar-refractivity contribution in [1.29, 1.82) is 0 Å². The number of alkyl halides is 3. The zero-order chi connectivity index (χ0) is 16.5. The third kappa shape index (κ3) is 4.16. The highest BCUT2D eigenvalue weighted by atomic mass is 32.2. The standard InChI is InChI=1S/C13H12F4N2OS2/c1-7-3-8(14)9(4-10(7)22-6-13(15,16)17)18-12-19(2)11(20)5-21-12/h3-4H,5-6H2,1-2H3/b18-12-.